The number of carbonyl (C=O) groups excluding carboxylic acids is 1. The van der Waals surface area contributed by atoms with E-state index in [0.29, 0.717) is 18.5 Å². The summed E-state index contributed by atoms with van der Waals surface area (Å²) in [7, 11) is 0. The summed E-state index contributed by atoms with van der Waals surface area (Å²) in [6, 6.07) is 6.86. The SMILES string of the molecule is CC(C)C1(C(N)=O)CN[C@@H]2Cc3c[nH]c4cccc(c34)[C@H]2C1. The maximum Gasteiger partial charge on any atom is 0.225 e. The van der Waals surface area contributed by atoms with E-state index >= 15 is 0 Å². The molecule has 2 aromatic rings. The summed E-state index contributed by atoms with van der Waals surface area (Å²) in [6.45, 7) is 4.91. The van der Waals surface area contributed by atoms with Gasteiger partial charge in [-0.25, -0.2) is 0 Å². The van der Waals surface area contributed by atoms with Crippen LogP contribution in [-0.4, -0.2) is 23.5 Å². The maximum absolute atomic E-state index is 12.2. The van der Waals surface area contributed by atoms with Gasteiger partial charge < -0.3 is 16.0 Å². The lowest BCUT2D eigenvalue weighted by atomic mass is 9.63. The van der Waals surface area contributed by atoms with Crippen LogP contribution >= 0.6 is 0 Å². The topological polar surface area (TPSA) is 70.9 Å². The number of rotatable bonds is 2. The second-order valence-corrected chi connectivity index (χ2v) is 7.26. The number of H-pyrrole nitrogens is 1. The molecule has 0 bridgehead atoms. The Hall–Kier alpha value is -1.81. The molecule has 4 nitrogen and oxygen atoms in total. The molecule has 4 rings (SSSR count). The highest BCUT2D eigenvalue weighted by Crippen LogP contribution is 2.47. The lowest BCUT2D eigenvalue weighted by Crippen LogP contribution is -2.58. The number of fused-ring (bicyclic) bond motifs is 2. The molecule has 116 valence electrons. The number of primary amides is 1. The zero-order valence-electron chi connectivity index (χ0n) is 13.1. The van der Waals surface area contributed by atoms with Gasteiger partial charge in [0.15, 0.2) is 0 Å². The standard InChI is InChI=1S/C18H23N3O/c1-10(2)18(17(19)22)7-13-12-4-3-5-14-16(12)11(8-20-14)6-15(13)21-9-18/h3-5,8,10,13,15,20-21H,6-7,9H2,1-2H3,(H2,19,22)/t13-,15-,18?/m1/s1. The lowest BCUT2D eigenvalue weighted by Gasteiger charge is -2.47. The minimum absolute atomic E-state index is 0.166. The van der Waals surface area contributed by atoms with Crippen molar-refractivity contribution in [1.82, 2.24) is 10.3 Å². The van der Waals surface area contributed by atoms with E-state index in [2.05, 4.69) is 48.5 Å². The number of hydrogen-bond acceptors (Lipinski definition) is 2. The number of aromatic nitrogens is 1. The van der Waals surface area contributed by atoms with Crippen LogP contribution in [-0.2, 0) is 11.2 Å². The fourth-order valence-corrected chi connectivity index (χ4v) is 4.51. The van der Waals surface area contributed by atoms with Crippen molar-refractivity contribution in [3.63, 3.8) is 0 Å². The summed E-state index contributed by atoms with van der Waals surface area (Å²) < 4.78 is 0. The molecule has 4 N–H and O–H groups in total. The minimum atomic E-state index is -0.447. The molecule has 1 amide bonds. The highest BCUT2D eigenvalue weighted by atomic mass is 16.1. The Bertz CT molecular complexity index is 748. The van der Waals surface area contributed by atoms with Crippen molar-refractivity contribution in [2.75, 3.05) is 6.54 Å². The average Bonchev–Trinajstić information content (AvgIpc) is 2.91. The van der Waals surface area contributed by atoms with Crippen molar-refractivity contribution in [3.8, 4) is 0 Å². The van der Waals surface area contributed by atoms with E-state index < -0.39 is 5.41 Å². The number of aromatic amines is 1. The smallest absolute Gasteiger partial charge is 0.225 e. The maximum atomic E-state index is 12.2. The summed E-state index contributed by atoms with van der Waals surface area (Å²) in [6.07, 6.45) is 4.00. The number of amides is 1. The normalized spacial score (nSPS) is 30.5. The monoisotopic (exact) mass is 297 g/mol. The van der Waals surface area contributed by atoms with Crippen molar-refractivity contribution in [2.24, 2.45) is 17.1 Å². The first-order valence-electron chi connectivity index (χ1n) is 8.15. The van der Waals surface area contributed by atoms with E-state index in [1.165, 1.54) is 22.0 Å². The lowest BCUT2D eigenvalue weighted by molar-refractivity contribution is -0.132. The van der Waals surface area contributed by atoms with Crippen LogP contribution in [0, 0.1) is 11.3 Å². The predicted molar refractivity (Wildman–Crippen MR) is 87.6 cm³/mol. The number of nitrogens with one attached hydrogen (secondary N) is 2. The van der Waals surface area contributed by atoms with Crippen LogP contribution in [0.3, 0.4) is 0 Å². The summed E-state index contributed by atoms with van der Waals surface area (Å²) in [5.41, 5.74) is 9.31. The third-order valence-electron chi connectivity index (χ3n) is 6.00. The summed E-state index contributed by atoms with van der Waals surface area (Å²) in [4.78, 5) is 15.6. The Morgan fingerprint density at radius 1 is 1.41 bits per heavy atom. The first-order chi connectivity index (χ1) is 10.5. The van der Waals surface area contributed by atoms with Crippen molar-refractivity contribution in [3.05, 3.63) is 35.5 Å². The molecular formula is C18H23N3O. The first-order valence-corrected chi connectivity index (χ1v) is 8.15. The van der Waals surface area contributed by atoms with Crippen LogP contribution in [0.5, 0.6) is 0 Å². The van der Waals surface area contributed by atoms with Crippen molar-refractivity contribution in [1.29, 1.82) is 0 Å². The molecule has 0 spiro atoms. The molecule has 1 aliphatic heterocycles. The van der Waals surface area contributed by atoms with Gasteiger partial charge in [0.1, 0.15) is 0 Å². The molecule has 1 fully saturated rings. The van der Waals surface area contributed by atoms with Gasteiger partial charge in [-0.05, 0) is 36.0 Å². The molecule has 4 heteroatoms. The van der Waals surface area contributed by atoms with Gasteiger partial charge in [0.25, 0.3) is 0 Å². The Balaban J connectivity index is 1.83. The van der Waals surface area contributed by atoms with Gasteiger partial charge in [0, 0.05) is 35.6 Å². The zero-order chi connectivity index (χ0) is 15.5. The molecule has 2 heterocycles. The average molecular weight is 297 g/mol. The Kier molecular flexibility index (Phi) is 2.89. The first kappa shape index (κ1) is 13.8. The molecule has 1 aromatic carbocycles. The van der Waals surface area contributed by atoms with Gasteiger partial charge in [0.2, 0.25) is 5.91 Å². The van der Waals surface area contributed by atoms with Crippen molar-refractivity contribution >= 4 is 16.8 Å². The minimum Gasteiger partial charge on any atom is -0.369 e. The molecule has 1 unspecified atom stereocenters. The molecular weight excluding hydrogens is 274 g/mol. The van der Waals surface area contributed by atoms with Gasteiger partial charge in [-0.15, -0.1) is 0 Å². The molecule has 22 heavy (non-hydrogen) atoms. The molecule has 1 aromatic heterocycles. The van der Waals surface area contributed by atoms with E-state index in [1.54, 1.807) is 0 Å². The fraction of sp³-hybridized carbons (Fsp3) is 0.500. The Labute approximate surface area is 130 Å². The van der Waals surface area contributed by atoms with E-state index in [-0.39, 0.29) is 11.8 Å². The second kappa shape index (κ2) is 4.59. The Morgan fingerprint density at radius 3 is 2.95 bits per heavy atom. The number of hydrogen-bond donors (Lipinski definition) is 3. The Morgan fingerprint density at radius 2 is 2.23 bits per heavy atom. The van der Waals surface area contributed by atoms with Gasteiger partial charge in [-0.2, -0.15) is 0 Å². The third kappa shape index (κ3) is 1.70. The fourth-order valence-electron chi connectivity index (χ4n) is 4.51. The largest absolute Gasteiger partial charge is 0.369 e. The highest BCUT2D eigenvalue weighted by molar-refractivity contribution is 5.89. The number of piperidine rings is 1. The highest BCUT2D eigenvalue weighted by Gasteiger charge is 2.48. The molecule has 0 radical (unpaired) electrons. The number of nitrogens with two attached hydrogens (primary N) is 1. The van der Waals surface area contributed by atoms with Crippen molar-refractivity contribution < 1.29 is 4.79 Å². The van der Waals surface area contributed by atoms with Crippen molar-refractivity contribution in [2.45, 2.75) is 38.6 Å². The summed E-state index contributed by atoms with van der Waals surface area (Å²) in [5, 5.41) is 4.99. The number of carbonyl (C=O) groups is 1. The predicted octanol–water partition coefficient (Wildman–Crippen LogP) is 2.30. The van der Waals surface area contributed by atoms with Gasteiger partial charge in [-0.1, -0.05) is 26.0 Å². The molecule has 1 saturated heterocycles. The zero-order valence-corrected chi connectivity index (χ0v) is 13.1. The van der Waals surface area contributed by atoms with E-state index in [1.807, 2.05) is 0 Å². The molecule has 1 aliphatic carbocycles. The van der Waals surface area contributed by atoms with Crippen LogP contribution in [0.4, 0.5) is 0 Å². The van der Waals surface area contributed by atoms with Crippen LogP contribution < -0.4 is 11.1 Å². The van der Waals surface area contributed by atoms with Crippen LogP contribution in [0.15, 0.2) is 24.4 Å². The van der Waals surface area contributed by atoms with E-state index in [0.717, 1.165) is 12.8 Å². The van der Waals surface area contributed by atoms with Gasteiger partial charge in [0.05, 0.1) is 5.41 Å². The number of benzene rings is 1. The van der Waals surface area contributed by atoms with E-state index in [9.17, 15) is 4.79 Å². The summed E-state index contributed by atoms with van der Waals surface area (Å²) in [5.74, 6) is 0.432. The van der Waals surface area contributed by atoms with Crippen LogP contribution in [0.25, 0.3) is 10.9 Å². The van der Waals surface area contributed by atoms with Gasteiger partial charge in [-0.3, -0.25) is 4.79 Å². The molecule has 2 aliphatic rings. The second-order valence-electron chi connectivity index (χ2n) is 7.26. The molecule has 3 atom stereocenters. The van der Waals surface area contributed by atoms with E-state index in [4.69, 9.17) is 5.73 Å². The molecule has 0 saturated carbocycles. The quantitative estimate of drug-likeness (QED) is 0.796. The third-order valence-corrected chi connectivity index (χ3v) is 6.00. The van der Waals surface area contributed by atoms with Crippen LogP contribution in [0.1, 0.15) is 37.3 Å². The van der Waals surface area contributed by atoms with Crippen LogP contribution in [0.2, 0.25) is 0 Å². The summed E-state index contributed by atoms with van der Waals surface area (Å²) >= 11 is 0. The van der Waals surface area contributed by atoms with Gasteiger partial charge >= 0.3 is 0 Å².